The average molecular weight is 397 g/mol. The van der Waals surface area contributed by atoms with Crippen LogP contribution in [-0.2, 0) is 4.65 Å². The number of hydrogen-bond donors (Lipinski definition) is 1. The van der Waals surface area contributed by atoms with E-state index in [0.29, 0.717) is 7.48 Å². The van der Waals surface area contributed by atoms with Gasteiger partial charge in [-0.05, 0) is 50.0 Å². The minimum absolute atomic E-state index is 0.362. The molecule has 0 saturated carbocycles. The molecule has 0 spiro atoms. The maximum absolute atomic E-state index is 10.3. The third kappa shape index (κ3) is 3.15. The summed E-state index contributed by atoms with van der Waals surface area (Å²) in [5.41, 5.74) is -0.681. The standard InChI is InChI=1S/C22H22BClO2S/c1-21(2,25)22(3,4)26-23-16-11-10-15-18-14-8-6-5-7-13(14)9-12-17(18)27-20(15)19(16)24/h5-12,23,25H,1-4H3. The van der Waals surface area contributed by atoms with Crippen LogP contribution in [0.1, 0.15) is 27.7 Å². The number of thiophene rings is 1. The molecule has 0 saturated heterocycles. The lowest BCUT2D eigenvalue weighted by Crippen LogP contribution is -2.49. The fourth-order valence-electron chi connectivity index (χ4n) is 3.16. The van der Waals surface area contributed by atoms with Gasteiger partial charge in [-0.25, -0.2) is 0 Å². The summed E-state index contributed by atoms with van der Waals surface area (Å²) in [5.74, 6) is 0. The Kier molecular flexibility index (Phi) is 4.51. The van der Waals surface area contributed by atoms with Gasteiger partial charge in [-0.2, -0.15) is 0 Å². The van der Waals surface area contributed by atoms with Crippen molar-refractivity contribution in [2.75, 3.05) is 0 Å². The summed E-state index contributed by atoms with van der Waals surface area (Å²) in [6.45, 7) is 7.31. The molecule has 0 amide bonds. The number of rotatable bonds is 4. The van der Waals surface area contributed by atoms with Crippen LogP contribution in [0.15, 0.2) is 48.5 Å². The van der Waals surface area contributed by atoms with Gasteiger partial charge in [0.05, 0.1) is 20.9 Å². The SMILES string of the molecule is CC(C)(O)C(C)(C)OBc1ccc2c(sc3ccc4ccccc4c32)c1Cl. The van der Waals surface area contributed by atoms with Crippen LogP contribution in [0.4, 0.5) is 0 Å². The molecule has 4 rings (SSSR count). The summed E-state index contributed by atoms with van der Waals surface area (Å²) >= 11 is 8.49. The molecule has 4 aromatic rings. The van der Waals surface area contributed by atoms with Crippen LogP contribution in [0, 0.1) is 0 Å². The molecule has 0 radical (unpaired) electrons. The van der Waals surface area contributed by atoms with Gasteiger partial charge < -0.3 is 9.76 Å². The first-order valence-corrected chi connectivity index (χ1v) is 10.3. The highest BCUT2D eigenvalue weighted by Gasteiger charge is 2.35. The van der Waals surface area contributed by atoms with Crippen LogP contribution in [0.5, 0.6) is 0 Å². The number of hydrogen-bond acceptors (Lipinski definition) is 3. The van der Waals surface area contributed by atoms with Crippen molar-refractivity contribution in [1.82, 2.24) is 0 Å². The molecule has 3 aromatic carbocycles. The second kappa shape index (κ2) is 6.49. The highest BCUT2D eigenvalue weighted by Crippen LogP contribution is 2.40. The summed E-state index contributed by atoms with van der Waals surface area (Å²) in [7, 11) is 0.362. The molecule has 5 heteroatoms. The molecular formula is C22H22BClO2S. The first-order chi connectivity index (χ1) is 12.7. The molecule has 0 atom stereocenters. The molecule has 0 aliphatic carbocycles. The van der Waals surface area contributed by atoms with E-state index in [1.807, 2.05) is 19.9 Å². The first kappa shape index (κ1) is 18.8. The van der Waals surface area contributed by atoms with Gasteiger partial charge in [0.15, 0.2) is 0 Å². The molecule has 1 aromatic heterocycles. The normalized spacial score (nSPS) is 13.0. The summed E-state index contributed by atoms with van der Waals surface area (Å²) < 4.78 is 8.35. The highest BCUT2D eigenvalue weighted by molar-refractivity contribution is 7.26. The number of benzene rings is 3. The monoisotopic (exact) mass is 396 g/mol. The Morgan fingerprint density at radius 3 is 2.44 bits per heavy atom. The van der Waals surface area contributed by atoms with Crippen molar-refractivity contribution in [3.05, 3.63) is 53.6 Å². The number of aliphatic hydroxyl groups is 1. The Hall–Kier alpha value is -1.59. The van der Waals surface area contributed by atoms with Crippen LogP contribution in [0.2, 0.25) is 5.02 Å². The van der Waals surface area contributed by atoms with Gasteiger partial charge in [-0.3, -0.25) is 0 Å². The van der Waals surface area contributed by atoms with E-state index < -0.39 is 11.2 Å². The molecule has 1 heterocycles. The molecule has 0 aliphatic heterocycles. The predicted molar refractivity (Wildman–Crippen MR) is 120 cm³/mol. The summed E-state index contributed by atoms with van der Waals surface area (Å²) in [5, 5.41) is 16.0. The molecule has 0 aliphatic rings. The smallest absolute Gasteiger partial charge is 0.311 e. The lowest BCUT2D eigenvalue weighted by Gasteiger charge is -2.37. The zero-order chi connectivity index (χ0) is 19.4. The van der Waals surface area contributed by atoms with E-state index in [1.165, 1.54) is 26.2 Å². The highest BCUT2D eigenvalue weighted by atomic mass is 35.5. The van der Waals surface area contributed by atoms with Gasteiger partial charge in [0.1, 0.15) is 0 Å². The van der Waals surface area contributed by atoms with Crippen molar-refractivity contribution in [3.8, 4) is 0 Å². The second-order valence-corrected chi connectivity index (χ2v) is 9.47. The Labute approximate surface area is 169 Å². The van der Waals surface area contributed by atoms with E-state index in [-0.39, 0.29) is 0 Å². The summed E-state index contributed by atoms with van der Waals surface area (Å²) in [6, 6.07) is 17.0. The van der Waals surface area contributed by atoms with Crippen molar-refractivity contribution in [2.24, 2.45) is 0 Å². The minimum Gasteiger partial charge on any atom is -0.427 e. The Morgan fingerprint density at radius 2 is 1.70 bits per heavy atom. The molecule has 2 nitrogen and oxygen atoms in total. The van der Waals surface area contributed by atoms with Crippen LogP contribution in [-0.4, -0.2) is 23.8 Å². The zero-order valence-corrected chi connectivity index (χ0v) is 17.5. The maximum Gasteiger partial charge on any atom is 0.311 e. The number of fused-ring (bicyclic) bond motifs is 5. The van der Waals surface area contributed by atoms with E-state index in [0.717, 1.165) is 15.2 Å². The molecule has 0 fully saturated rings. The third-order valence-corrected chi connectivity index (χ3v) is 7.34. The van der Waals surface area contributed by atoms with E-state index in [2.05, 4.69) is 42.5 Å². The molecular weight excluding hydrogens is 375 g/mol. The number of halogens is 1. The molecule has 27 heavy (non-hydrogen) atoms. The van der Waals surface area contributed by atoms with Crippen molar-refractivity contribution in [1.29, 1.82) is 0 Å². The fourth-order valence-corrected chi connectivity index (χ4v) is 4.68. The van der Waals surface area contributed by atoms with Gasteiger partial charge in [0, 0.05) is 15.5 Å². The lowest BCUT2D eigenvalue weighted by atomic mass is 9.82. The lowest BCUT2D eigenvalue weighted by molar-refractivity contribution is -0.0893. The van der Waals surface area contributed by atoms with Gasteiger partial charge in [0.25, 0.3) is 0 Å². The topological polar surface area (TPSA) is 29.5 Å². The zero-order valence-electron chi connectivity index (χ0n) is 16.0. The Bertz CT molecular complexity index is 1160. The van der Waals surface area contributed by atoms with E-state index in [4.69, 9.17) is 16.3 Å². The van der Waals surface area contributed by atoms with Gasteiger partial charge >= 0.3 is 7.48 Å². The van der Waals surface area contributed by atoms with Crippen LogP contribution in [0.3, 0.4) is 0 Å². The second-order valence-electron chi connectivity index (χ2n) is 8.04. The van der Waals surface area contributed by atoms with E-state index >= 15 is 0 Å². The molecule has 1 N–H and O–H groups in total. The third-order valence-electron chi connectivity index (χ3n) is 5.61. The van der Waals surface area contributed by atoms with Crippen molar-refractivity contribution < 1.29 is 9.76 Å². The van der Waals surface area contributed by atoms with Crippen LogP contribution in [0.25, 0.3) is 30.9 Å². The van der Waals surface area contributed by atoms with Crippen molar-refractivity contribution in [3.63, 3.8) is 0 Å². The van der Waals surface area contributed by atoms with Crippen molar-refractivity contribution >= 4 is 66.8 Å². The van der Waals surface area contributed by atoms with Crippen LogP contribution >= 0.6 is 22.9 Å². The minimum atomic E-state index is -0.944. The molecule has 0 unspecified atom stereocenters. The van der Waals surface area contributed by atoms with Gasteiger partial charge in [-0.1, -0.05) is 54.1 Å². The van der Waals surface area contributed by atoms with Crippen LogP contribution < -0.4 is 5.46 Å². The molecule has 138 valence electrons. The van der Waals surface area contributed by atoms with E-state index in [1.54, 1.807) is 25.2 Å². The summed E-state index contributed by atoms with van der Waals surface area (Å²) in [6.07, 6.45) is 0. The van der Waals surface area contributed by atoms with Crippen molar-refractivity contribution in [2.45, 2.75) is 38.9 Å². The Balaban J connectivity index is 1.81. The molecule has 0 bridgehead atoms. The first-order valence-electron chi connectivity index (χ1n) is 9.07. The largest absolute Gasteiger partial charge is 0.427 e. The quantitative estimate of drug-likeness (QED) is 0.468. The van der Waals surface area contributed by atoms with Gasteiger partial charge in [-0.15, -0.1) is 11.3 Å². The summed E-state index contributed by atoms with van der Waals surface area (Å²) in [4.78, 5) is 0. The maximum atomic E-state index is 10.3. The Morgan fingerprint density at radius 1 is 0.963 bits per heavy atom. The van der Waals surface area contributed by atoms with E-state index in [9.17, 15) is 5.11 Å². The fraction of sp³-hybridized carbons (Fsp3) is 0.273. The van der Waals surface area contributed by atoms with Gasteiger partial charge in [0.2, 0.25) is 0 Å². The average Bonchev–Trinajstić information content (AvgIpc) is 3.00. The predicted octanol–water partition coefficient (Wildman–Crippen LogP) is 5.40.